The SMILES string of the molecule is CC(C)(C)OC(=O)N[C@H]1CC[C@H](OC(=O)c2ccc([N+](=O)[O-])cc2)C1. The summed E-state index contributed by atoms with van der Waals surface area (Å²) in [4.78, 5) is 33.9. The van der Waals surface area contributed by atoms with Gasteiger partial charge in [0.2, 0.25) is 0 Å². The summed E-state index contributed by atoms with van der Waals surface area (Å²) < 4.78 is 10.6. The molecule has 8 nitrogen and oxygen atoms in total. The van der Waals surface area contributed by atoms with Crippen LogP contribution in [0.15, 0.2) is 24.3 Å². The average Bonchev–Trinajstić information content (AvgIpc) is 2.92. The predicted octanol–water partition coefficient (Wildman–Crippen LogP) is 3.20. The van der Waals surface area contributed by atoms with Crippen molar-refractivity contribution in [2.75, 3.05) is 0 Å². The third kappa shape index (κ3) is 5.74. The van der Waals surface area contributed by atoms with Gasteiger partial charge >= 0.3 is 12.1 Å². The Labute approximate surface area is 145 Å². The highest BCUT2D eigenvalue weighted by Crippen LogP contribution is 2.24. The van der Waals surface area contributed by atoms with Crippen LogP contribution in [0.1, 0.15) is 50.4 Å². The lowest BCUT2D eigenvalue weighted by Crippen LogP contribution is -2.38. The number of nitro benzene ring substituents is 1. The monoisotopic (exact) mass is 350 g/mol. The Morgan fingerprint density at radius 2 is 1.84 bits per heavy atom. The van der Waals surface area contributed by atoms with Gasteiger partial charge in [0, 0.05) is 24.6 Å². The van der Waals surface area contributed by atoms with Crippen LogP contribution in [0, 0.1) is 10.1 Å². The first kappa shape index (κ1) is 18.7. The highest BCUT2D eigenvalue weighted by atomic mass is 16.6. The van der Waals surface area contributed by atoms with Crippen LogP contribution < -0.4 is 5.32 Å². The number of ether oxygens (including phenoxy) is 2. The van der Waals surface area contributed by atoms with Crippen LogP contribution in [-0.4, -0.2) is 34.7 Å². The zero-order chi connectivity index (χ0) is 18.6. The van der Waals surface area contributed by atoms with Crippen LogP contribution >= 0.6 is 0 Å². The standard InChI is InChI=1S/C17H22N2O6/c1-17(2,3)25-16(21)18-12-6-9-14(10-12)24-15(20)11-4-7-13(8-5-11)19(22)23/h4-5,7-8,12,14H,6,9-10H2,1-3H3,(H,18,21)/t12-,14-/m0/s1. The molecule has 1 aliphatic carbocycles. The first-order valence-corrected chi connectivity index (χ1v) is 8.09. The minimum atomic E-state index is -0.565. The molecule has 1 saturated carbocycles. The van der Waals surface area contributed by atoms with Gasteiger partial charge in [0.15, 0.2) is 0 Å². The van der Waals surface area contributed by atoms with E-state index in [4.69, 9.17) is 9.47 Å². The summed E-state index contributed by atoms with van der Waals surface area (Å²) in [6, 6.07) is 5.15. The predicted molar refractivity (Wildman–Crippen MR) is 89.3 cm³/mol. The third-order valence-electron chi connectivity index (χ3n) is 3.69. The van der Waals surface area contributed by atoms with Crippen molar-refractivity contribution in [2.24, 2.45) is 0 Å². The van der Waals surface area contributed by atoms with Gasteiger partial charge in [0.05, 0.1) is 10.5 Å². The molecule has 1 N–H and O–H groups in total. The molecule has 0 heterocycles. The molecule has 0 unspecified atom stereocenters. The molecule has 0 aromatic heterocycles. The number of benzene rings is 1. The lowest BCUT2D eigenvalue weighted by Gasteiger charge is -2.21. The molecule has 0 saturated heterocycles. The van der Waals surface area contributed by atoms with Gasteiger partial charge in [-0.15, -0.1) is 0 Å². The summed E-state index contributed by atoms with van der Waals surface area (Å²) in [6.45, 7) is 5.36. The normalized spacial score (nSPS) is 20.0. The van der Waals surface area contributed by atoms with Gasteiger partial charge in [-0.3, -0.25) is 10.1 Å². The number of esters is 1. The highest BCUT2D eigenvalue weighted by molar-refractivity contribution is 5.89. The van der Waals surface area contributed by atoms with Crippen LogP contribution in [0.25, 0.3) is 0 Å². The number of hydrogen-bond donors (Lipinski definition) is 1. The highest BCUT2D eigenvalue weighted by Gasteiger charge is 2.30. The number of carbonyl (C=O) groups excluding carboxylic acids is 2. The maximum Gasteiger partial charge on any atom is 0.407 e. The van der Waals surface area contributed by atoms with E-state index in [-0.39, 0.29) is 23.4 Å². The summed E-state index contributed by atoms with van der Waals surface area (Å²) in [7, 11) is 0. The first-order valence-electron chi connectivity index (χ1n) is 8.09. The fourth-order valence-electron chi connectivity index (χ4n) is 2.59. The maximum absolute atomic E-state index is 12.1. The second kappa shape index (κ2) is 7.50. The Bertz CT molecular complexity index is 650. The molecule has 0 bridgehead atoms. The molecule has 0 aliphatic heterocycles. The van der Waals surface area contributed by atoms with Crippen molar-refractivity contribution in [3.8, 4) is 0 Å². The number of carbonyl (C=O) groups is 2. The molecule has 136 valence electrons. The van der Waals surface area contributed by atoms with Gasteiger partial charge in [-0.1, -0.05) is 0 Å². The number of alkyl carbamates (subject to hydrolysis) is 1. The Hall–Kier alpha value is -2.64. The van der Waals surface area contributed by atoms with Crippen LogP contribution in [0.3, 0.4) is 0 Å². The largest absolute Gasteiger partial charge is 0.459 e. The van der Waals surface area contributed by atoms with Gasteiger partial charge < -0.3 is 14.8 Å². The molecule has 1 aliphatic rings. The van der Waals surface area contributed by atoms with E-state index in [0.717, 1.165) is 0 Å². The maximum atomic E-state index is 12.1. The van der Waals surface area contributed by atoms with Crippen molar-refractivity contribution < 1.29 is 24.0 Å². The third-order valence-corrected chi connectivity index (χ3v) is 3.69. The molecule has 2 rings (SSSR count). The van der Waals surface area contributed by atoms with E-state index in [9.17, 15) is 19.7 Å². The summed E-state index contributed by atoms with van der Waals surface area (Å²) in [5, 5.41) is 13.4. The second-order valence-electron chi connectivity index (χ2n) is 6.99. The van der Waals surface area contributed by atoms with Gasteiger partial charge in [-0.2, -0.15) is 0 Å². The molecule has 0 spiro atoms. The molecule has 25 heavy (non-hydrogen) atoms. The smallest absolute Gasteiger partial charge is 0.407 e. The van der Waals surface area contributed by atoms with E-state index < -0.39 is 22.6 Å². The number of nitrogens with zero attached hydrogens (tertiary/aromatic N) is 1. The summed E-state index contributed by atoms with van der Waals surface area (Å²) in [5.74, 6) is -0.530. The van der Waals surface area contributed by atoms with E-state index in [1.54, 1.807) is 20.8 Å². The molecule has 1 aromatic rings. The Morgan fingerprint density at radius 1 is 1.20 bits per heavy atom. The Morgan fingerprint density at radius 3 is 2.40 bits per heavy atom. The topological polar surface area (TPSA) is 108 Å². The zero-order valence-electron chi connectivity index (χ0n) is 14.5. The second-order valence-corrected chi connectivity index (χ2v) is 6.99. The van der Waals surface area contributed by atoms with Crippen molar-refractivity contribution in [2.45, 2.75) is 57.8 Å². The van der Waals surface area contributed by atoms with E-state index in [0.29, 0.717) is 19.3 Å². The fraction of sp³-hybridized carbons (Fsp3) is 0.529. The average molecular weight is 350 g/mol. The first-order chi connectivity index (χ1) is 11.6. The number of hydrogen-bond acceptors (Lipinski definition) is 6. The lowest BCUT2D eigenvalue weighted by atomic mass is 10.2. The van der Waals surface area contributed by atoms with Gasteiger partial charge in [-0.05, 0) is 45.7 Å². The molecule has 0 radical (unpaired) electrons. The van der Waals surface area contributed by atoms with Crippen molar-refractivity contribution in [1.82, 2.24) is 5.32 Å². The van der Waals surface area contributed by atoms with Crippen molar-refractivity contribution >= 4 is 17.7 Å². The quantitative estimate of drug-likeness (QED) is 0.507. The minimum absolute atomic E-state index is 0.0842. The minimum Gasteiger partial charge on any atom is -0.459 e. The molecular formula is C17H22N2O6. The number of nitrogens with one attached hydrogen (secondary N) is 1. The summed E-state index contributed by atoms with van der Waals surface area (Å²) >= 11 is 0. The van der Waals surface area contributed by atoms with E-state index >= 15 is 0 Å². The van der Waals surface area contributed by atoms with Gasteiger partial charge in [-0.25, -0.2) is 9.59 Å². The molecule has 1 fully saturated rings. The number of rotatable bonds is 4. The molecule has 8 heteroatoms. The van der Waals surface area contributed by atoms with E-state index in [1.165, 1.54) is 24.3 Å². The lowest BCUT2D eigenvalue weighted by molar-refractivity contribution is -0.384. The van der Waals surface area contributed by atoms with Crippen LogP contribution in [0.5, 0.6) is 0 Å². The van der Waals surface area contributed by atoms with E-state index in [1.807, 2.05) is 0 Å². The molecular weight excluding hydrogens is 328 g/mol. The molecule has 1 aromatic carbocycles. The van der Waals surface area contributed by atoms with Crippen molar-refractivity contribution in [1.29, 1.82) is 0 Å². The van der Waals surface area contributed by atoms with E-state index in [2.05, 4.69) is 5.32 Å². The van der Waals surface area contributed by atoms with Crippen molar-refractivity contribution in [3.05, 3.63) is 39.9 Å². The Balaban J connectivity index is 1.83. The molecule has 2 atom stereocenters. The van der Waals surface area contributed by atoms with Crippen LogP contribution in [0.2, 0.25) is 0 Å². The van der Waals surface area contributed by atoms with Gasteiger partial charge in [0.1, 0.15) is 11.7 Å². The van der Waals surface area contributed by atoms with Crippen LogP contribution in [-0.2, 0) is 9.47 Å². The number of amides is 1. The summed E-state index contributed by atoms with van der Waals surface area (Å²) in [5.41, 5.74) is -0.391. The number of non-ortho nitro benzene ring substituents is 1. The molecule has 1 amide bonds. The van der Waals surface area contributed by atoms with Gasteiger partial charge in [0.25, 0.3) is 5.69 Å². The number of nitro groups is 1. The zero-order valence-corrected chi connectivity index (χ0v) is 14.5. The van der Waals surface area contributed by atoms with Crippen molar-refractivity contribution in [3.63, 3.8) is 0 Å². The summed E-state index contributed by atoms with van der Waals surface area (Å²) in [6.07, 6.45) is 1.05. The van der Waals surface area contributed by atoms with Crippen LogP contribution in [0.4, 0.5) is 10.5 Å². The Kier molecular flexibility index (Phi) is 5.61. The fourth-order valence-corrected chi connectivity index (χ4v) is 2.59.